The molecule has 102 valence electrons. The second-order valence-electron chi connectivity index (χ2n) is 4.66. The molecule has 0 aromatic carbocycles. The number of hydrogen-bond acceptors (Lipinski definition) is 3. The van der Waals surface area contributed by atoms with Crippen LogP contribution in [0.15, 0.2) is 18.3 Å². The highest BCUT2D eigenvalue weighted by Crippen LogP contribution is 2.08. The summed E-state index contributed by atoms with van der Waals surface area (Å²) in [4.78, 5) is 4.47. The summed E-state index contributed by atoms with van der Waals surface area (Å²) >= 11 is 0. The molecule has 0 radical (unpaired) electrons. The molecule has 0 saturated heterocycles. The zero-order valence-corrected chi connectivity index (χ0v) is 11.9. The Balaban J connectivity index is 2.49. The van der Waals surface area contributed by atoms with Crippen molar-refractivity contribution in [2.75, 3.05) is 20.3 Å². The highest BCUT2D eigenvalue weighted by atomic mass is 16.5. The standard InChI is InChI=1S/C15H26N2O/c1-4-6-13-7-8-16-15(11-13)12-14(5-2)17-9-10-18-3/h7-8,11,14,17H,4-6,9-10,12H2,1-3H3. The molecule has 0 aliphatic carbocycles. The van der Waals surface area contributed by atoms with Gasteiger partial charge in [-0.2, -0.15) is 0 Å². The van der Waals surface area contributed by atoms with Crippen LogP contribution < -0.4 is 5.32 Å². The maximum Gasteiger partial charge on any atom is 0.0587 e. The van der Waals surface area contributed by atoms with E-state index in [9.17, 15) is 0 Å². The second kappa shape index (κ2) is 9.06. The van der Waals surface area contributed by atoms with Gasteiger partial charge in [-0.15, -0.1) is 0 Å². The highest BCUT2D eigenvalue weighted by Gasteiger charge is 2.07. The van der Waals surface area contributed by atoms with E-state index in [1.54, 1.807) is 7.11 Å². The molecule has 3 nitrogen and oxygen atoms in total. The van der Waals surface area contributed by atoms with Gasteiger partial charge in [0.05, 0.1) is 6.61 Å². The minimum absolute atomic E-state index is 0.490. The number of nitrogens with one attached hydrogen (secondary N) is 1. The maximum atomic E-state index is 5.06. The second-order valence-corrected chi connectivity index (χ2v) is 4.66. The van der Waals surface area contributed by atoms with Crippen molar-refractivity contribution < 1.29 is 4.74 Å². The van der Waals surface area contributed by atoms with Gasteiger partial charge in [0.2, 0.25) is 0 Å². The van der Waals surface area contributed by atoms with Crippen molar-refractivity contribution in [2.45, 2.75) is 45.6 Å². The average molecular weight is 250 g/mol. The Labute approximate surface area is 111 Å². The normalized spacial score (nSPS) is 12.6. The van der Waals surface area contributed by atoms with Crippen LogP contribution >= 0.6 is 0 Å². The Hall–Kier alpha value is -0.930. The minimum Gasteiger partial charge on any atom is -0.383 e. The van der Waals surface area contributed by atoms with E-state index >= 15 is 0 Å². The van der Waals surface area contributed by atoms with Gasteiger partial charge in [0.15, 0.2) is 0 Å². The molecule has 0 spiro atoms. The van der Waals surface area contributed by atoms with E-state index in [1.807, 2.05) is 6.20 Å². The minimum atomic E-state index is 0.490. The molecule has 0 bridgehead atoms. The van der Waals surface area contributed by atoms with Gasteiger partial charge in [0, 0.05) is 38.0 Å². The van der Waals surface area contributed by atoms with E-state index in [1.165, 1.54) is 17.7 Å². The Morgan fingerprint density at radius 3 is 2.89 bits per heavy atom. The number of pyridine rings is 1. The number of methoxy groups -OCH3 is 1. The lowest BCUT2D eigenvalue weighted by atomic mass is 10.1. The Morgan fingerprint density at radius 1 is 1.39 bits per heavy atom. The Morgan fingerprint density at radius 2 is 2.22 bits per heavy atom. The van der Waals surface area contributed by atoms with Gasteiger partial charge in [-0.05, 0) is 30.5 Å². The first-order chi connectivity index (χ1) is 8.80. The van der Waals surface area contributed by atoms with Crippen molar-refractivity contribution in [2.24, 2.45) is 0 Å². The van der Waals surface area contributed by atoms with E-state index in [4.69, 9.17) is 4.74 Å². The fourth-order valence-electron chi connectivity index (χ4n) is 2.06. The van der Waals surface area contributed by atoms with Crippen LogP contribution in [0.5, 0.6) is 0 Å². The molecule has 1 N–H and O–H groups in total. The van der Waals surface area contributed by atoms with Gasteiger partial charge in [-0.25, -0.2) is 0 Å². The largest absolute Gasteiger partial charge is 0.383 e. The predicted molar refractivity (Wildman–Crippen MR) is 75.9 cm³/mol. The van der Waals surface area contributed by atoms with Crippen molar-refractivity contribution in [3.05, 3.63) is 29.6 Å². The molecule has 18 heavy (non-hydrogen) atoms. The maximum absolute atomic E-state index is 5.06. The lowest BCUT2D eigenvalue weighted by molar-refractivity contribution is 0.195. The molecule has 1 aromatic rings. The van der Waals surface area contributed by atoms with Gasteiger partial charge < -0.3 is 10.1 Å². The van der Waals surface area contributed by atoms with Crippen LogP contribution in [0.4, 0.5) is 0 Å². The van der Waals surface area contributed by atoms with Gasteiger partial charge in [-0.1, -0.05) is 20.3 Å². The SMILES string of the molecule is CCCc1ccnc(CC(CC)NCCOC)c1. The molecule has 1 aromatic heterocycles. The molecule has 0 fully saturated rings. The first-order valence-electron chi connectivity index (χ1n) is 6.96. The molecule has 0 saturated carbocycles. The molecule has 1 rings (SSSR count). The van der Waals surface area contributed by atoms with Crippen molar-refractivity contribution in [3.63, 3.8) is 0 Å². The summed E-state index contributed by atoms with van der Waals surface area (Å²) in [6.07, 6.45) is 6.37. The predicted octanol–water partition coefficient (Wildman–Crippen LogP) is 2.59. The summed E-state index contributed by atoms with van der Waals surface area (Å²) in [6, 6.07) is 4.85. The summed E-state index contributed by atoms with van der Waals surface area (Å²) in [5.41, 5.74) is 2.59. The molecular formula is C15H26N2O. The van der Waals surface area contributed by atoms with Gasteiger partial charge in [-0.3, -0.25) is 4.98 Å². The molecule has 0 aliphatic rings. The lowest BCUT2D eigenvalue weighted by Crippen LogP contribution is -2.33. The van der Waals surface area contributed by atoms with Crippen LogP contribution in [-0.2, 0) is 17.6 Å². The van der Waals surface area contributed by atoms with E-state index in [0.29, 0.717) is 6.04 Å². The fourth-order valence-corrected chi connectivity index (χ4v) is 2.06. The summed E-state index contributed by atoms with van der Waals surface area (Å²) in [5.74, 6) is 0. The Kier molecular flexibility index (Phi) is 7.62. The third kappa shape index (κ3) is 5.61. The summed E-state index contributed by atoms with van der Waals surface area (Å²) in [5, 5.41) is 3.51. The highest BCUT2D eigenvalue weighted by molar-refractivity contribution is 5.17. The third-order valence-corrected chi connectivity index (χ3v) is 3.11. The van der Waals surface area contributed by atoms with Crippen molar-refractivity contribution >= 4 is 0 Å². The van der Waals surface area contributed by atoms with Gasteiger partial charge in [0.1, 0.15) is 0 Å². The van der Waals surface area contributed by atoms with E-state index in [2.05, 4.69) is 36.3 Å². The first-order valence-corrected chi connectivity index (χ1v) is 6.96. The smallest absolute Gasteiger partial charge is 0.0587 e. The molecule has 3 heteroatoms. The van der Waals surface area contributed by atoms with Crippen LogP contribution in [0.1, 0.15) is 37.9 Å². The quantitative estimate of drug-likeness (QED) is 0.684. The van der Waals surface area contributed by atoms with E-state index < -0.39 is 0 Å². The number of hydrogen-bond donors (Lipinski definition) is 1. The third-order valence-electron chi connectivity index (χ3n) is 3.11. The molecule has 1 unspecified atom stereocenters. The Bertz CT molecular complexity index is 328. The zero-order chi connectivity index (χ0) is 13.2. The molecule has 0 amide bonds. The van der Waals surface area contributed by atoms with Crippen molar-refractivity contribution in [1.29, 1.82) is 0 Å². The number of aryl methyl sites for hydroxylation is 1. The van der Waals surface area contributed by atoms with Crippen LogP contribution in [-0.4, -0.2) is 31.3 Å². The number of rotatable bonds is 9. The van der Waals surface area contributed by atoms with Gasteiger partial charge in [0.25, 0.3) is 0 Å². The van der Waals surface area contributed by atoms with Gasteiger partial charge >= 0.3 is 0 Å². The number of ether oxygens (including phenoxy) is 1. The molecule has 0 aliphatic heterocycles. The fraction of sp³-hybridized carbons (Fsp3) is 0.667. The van der Waals surface area contributed by atoms with Crippen molar-refractivity contribution in [1.82, 2.24) is 10.3 Å². The summed E-state index contributed by atoms with van der Waals surface area (Å²) < 4.78 is 5.06. The number of nitrogens with zero attached hydrogens (tertiary/aromatic N) is 1. The lowest BCUT2D eigenvalue weighted by Gasteiger charge is -2.16. The molecular weight excluding hydrogens is 224 g/mol. The number of aromatic nitrogens is 1. The summed E-state index contributed by atoms with van der Waals surface area (Å²) in [6.45, 7) is 6.09. The van der Waals surface area contributed by atoms with Crippen LogP contribution in [0.25, 0.3) is 0 Å². The zero-order valence-electron chi connectivity index (χ0n) is 11.9. The monoisotopic (exact) mass is 250 g/mol. The molecule has 1 atom stereocenters. The first kappa shape index (κ1) is 15.1. The average Bonchev–Trinajstić information content (AvgIpc) is 2.38. The summed E-state index contributed by atoms with van der Waals surface area (Å²) in [7, 11) is 1.73. The van der Waals surface area contributed by atoms with Crippen LogP contribution in [0.3, 0.4) is 0 Å². The molecule has 1 heterocycles. The van der Waals surface area contributed by atoms with Crippen molar-refractivity contribution in [3.8, 4) is 0 Å². The topological polar surface area (TPSA) is 34.2 Å². The van der Waals surface area contributed by atoms with E-state index in [-0.39, 0.29) is 0 Å². The van der Waals surface area contributed by atoms with Crippen LogP contribution in [0, 0.1) is 0 Å². The van der Waals surface area contributed by atoms with Crippen LogP contribution in [0.2, 0.25) is 0 Å². The van der Waals surface area contributed by atoms with E-state index in [0.717, 1.165) is 32.4 Å².